The van der Waals surface area contributed by atoms with Gasteiger partial charge in [-0.1, -0.05) is 30.3 Å². The van der Waals surface area contributed by atoms with Gasteiger partial charge in [-0.2, -0.15) is 0 Å². The predicted octanol–water partition coefficient (Wildman–Crippen LogP) is 2.74. The molecule has 21 heavy (non-hydrogen) atoms. The second-order valence-corrected chi connectivity index (χ2v) is 4.87. The van der Waals surface area contributed by atoms with Gasteiger partial charge < -0.3 is 0 Å². The van der Waals surface area contributed by atoms with Crippen LogP contribution in [0.2, 0.25) is 0 Å². The number of aliphatic imine (C=N–C) groups is 1. The summed E-state index contributed by atoms with van der Waals surface area (Å²) in [5.41, 5.74) is 1.94. The molecule has 4 rings (SSSR count). The molecule has 0 radical (unpaired) electrons. The van der Waals surface area contributed by atoms with E-state index in [0.29, 0.717) is 17.1 Å². The van der Waals surface area contributed by atoms with Gasteiger partial charge in [0, 0.05) is 6.21 Å². The summed E-state index contributed by atoms with van der Waals surface area (Å²) in [6.07, 6.45) is 1.53. The van der Waals surface area contributed by atoms with Gasteiger partial charge in [-0.3, -0.25) is 14.7 Å². The number of fused-ring (bicyclic) bond motifs is 3. The van der Waals surface area contributed by atoms with Crippen molar-refractivity contribution in [3.8, 4) is 0 Å². The largest absolute Gasteiger partial charge is 0.337 e. The first kappa shape index (κ1) is 11.8. The molecule has 102 valence electrons. The van der Waals surface area contributed by atoms with E-state index < -0.39 is 6.04 Å². The van der Waals surface area contributed by atoms with Gasteiger partial charge >= 0.3 is 6.03 Å². The topological polar surface area (TPSA) is 53.0 Å². The molecule has 2 aromatic carbocycles. The standard InChI is InChI=1S/C16H11N3O2/c20-15-14-10-17-12-8-4-5-9-13(12)19(14)16(21)18(15)11-6-2-1-3-7-11/h1-10,14H. The molecule has 0 bridgehead atoms. The number of rotatable bonds is 1. The number of para-hydroxylation sites is 3. The lowest BCUT2D eigenvalue weighted by molar-refractivity contribution is -0.116. The SMILES string of the molecule is O=C1C2C=Nc3ccccc3N2C(=O)N1c1ccccc1. The summed E-state index contributed by atoms with van der Waals surface area (Å²) >= 11 is 0. The van der Waals surface area contributed by atoms with Crippen molar-refractivity contribution in [1.29, 1.82) is 0 Å². The Kier molecular flexibility index (Phi) is 2.41. The van der Waals surface area contributed by atoms with Gasteiger partial charge in [0.25, 0.3) is 5.91 Å². The van der Waals surface area contributed by atoms with E-state index in [4.69, 9.17) is 0 Å². The van der Waals surface area contributed by atoms with E-state index in [2.05, 4.69) is 4.99 Å². The Morgan fingerprint density at radius 1 is 0.905 bits per heavy atom. The molecule has 1 atom stereocenters. The predicted molar refractivity (Wildman–Crippen MR) is 80.2 cm³/mol. The van der Waals surface area contributed by atoms with Crippen LogP contribution in [0.15, 0.2) is 59.6 Å². The van der Waals surface area contributed by atoms with Crippen LogP contribution in [0, 0.1) is 0 Å². The zero-order chi connectivity index (χ0) is 14.4. The second kappa shape index (κ2) is 4.28. The van der Waals surface area contributed by atoms with Crippen molar-refractivity contribution < 1.29 is 9.59 Å². The van der Waals surface area contributed by atoms with E-state index in [9.17, 15) is 9.59 Å². The minimum absolute atomic E-state index is 0.274. The van der Waals surface area contributed by atoms with Crippen LogP contribution in [0.4, 0.5) is 21.9 Å². The lowest BCUT2D eigenvalue weighted by atomic mass is 10.1. The second-order valence-electron chi connectivity index (χ2n) is 4.87. The highest BCUT2D eigenvalue weighted by atomic mass is 16.2. The molecule has 0 N–H and O–H groups in total. The number of carbonyl (C=O) groups is 2. The molecule has 5 nitrogen and oxygen atoms in total. The first-order chi connectivity index (χ1) is 10.3. The van der Waals surface area contributed by atoms with E-state index >= 15 is 0 Å². The first-order valence-electron chi connectivity index (χ1n) is 6.63. The van der Waals surface area contributed by atoms with Gasteiger partial charge in [-0.25, -0.2) is 9.69 Å². The molecule has 2 aromatic rings. The molecule has 0 spiro atoms. The maximum absolute atomic E-state index is 12.7. The summed E-state index contributed by atoms with van der Waals surface area (Å²) in [6, 6.07) is 15.3. The summed E-state index contributed by atoms with van der Waals surface area (Å²) < 4.78 is 0. The van der Waals surface area contributed by atoms with Crippen LogP contribution in [-0.2, 0) is 4.79 Å². The van der Waals surface area contributed by atoms with Crippen molar-refractivity contribution in [1.82, 2.24) is 0 Å². The minimum atomic E-state index is -0.660. The van der Waals surface area contributed by atoms with Crippen LogP contribution >= 0.6 is 0 Å². The Bertz CT molecular complexity index is 770. The number of anilines is 2. The van der Waals surface area contributed by atoms with E-state index in [-0.39, 0.29) is 11.9 Å². The maximum atomic E-state index is 12.7. The van der Waals surface area contributed by atoms with Crippen LogP contribution in [0.3, 0.4) is 0 Å². The van der Waals surface area contributed by atoms with E-state index in [1.807, 2.05) is 24.3 Å². The van der Waals surface area contributed by atoms with Crippen molar-refractivity contribution in [2.24, 2.45) is 4.99 Å². The molecule has 3 amide bonds. The lowest BCUT2D eigenvalue weighted by Crippen LogP contribution is -2.38. The fraction of sp³-hybridized carbons (Fsp3) is 0.0625. The van der Waals surface area contributed by atoms with Crippen molar-refractivity contribution in [2.75, 3.05) is 9.80 Å². The lowest BCUT2D eigenvalue weighted by Gasteiger charge is -2.24. The maximum Gasteiger partial charge on any atom is 0.337 e. The third-order valence-electron chi connectivity index (χ3n) is 3.66. The van der Waals surface area contributed by atoms with Crippen molar-refractivity contribution in [2.45, 2.75) is 6.04 Å². The molecule has 0 aliphatic carbocycles. The number of carbonyl (C=O) groups excluding carboxylic acids is 2. The van der Waals surface area contributed by atoms with Crippen LogP contribution in [0.5, 0.6) is 0 Å². The molecule has 1 saturated heterocycles. The van der Waals surface area contributed by atoms with Crippen LogP contribution < -0.4 is 9.80 Å². The molecular formula is C16H11N3O2. The zero-order valence-corrected chi connectivity index (χ0v) is 11.0. The van der Waals surface area contributed by atoms with Crippen LogP contribution in [0.25, 0.3) is 0 Å². The molecule has 0 saturated carbocycles. The van der Waals surface area contributed by atoms with Gasteiger partial charge in [-0.05, 0) is 24.3 Å². The first-order valence-corrected chi connectivity index (χ1v) is 6.63. The monoisotopic (exact) mass is 277 g/mol. The van der Waals surface area contributed by atoms with Gasteiger partial charge in [-0.15, -0.1) is 0 Å². The van der Waals surface area contributed by atoms with E-state index in [0.717, 1.165) is 0 Å². The minimum Gasteiger partial charge on any atom is -0.274 e. The summed E-state index contributed by atoms with van der Waals surface area (Å²) in [5.74, 6) is -0.274. The number of imide groups is 1. The number of benzene rings is 2. The number of hydrogen-bond donors (Lipinski definition) is 0. The molecular weight excluding hydrogens is 266 g/mol. The number of nitrogens with zero attached hydrogens (tertiary/aromatic N) is 3. The van der Waals surface area contributed by atoms with Crippen molar-refractivity contribution in [3.05, 3.63) is 54.6 Å². The average molecular weight is 277 g/mol. The quantitative estimate of drug-likeness (QED) is 0.753. The molecule has 2 heterocycles. The molecule has 1 unspecified atom stereocenters. The van der Waals surface area contributed by atoms with E-state index in [1.165, 1.54) is 16.0 Å². The number of amides is 3. The fourth-order valence-electron chi connectivity index (χ4n) is 2.69. The highest BCUT2D eigenvalue weighted by Gasteiger charge is 2.47. The van der Waals surface area contributed by atoms with Gasteiger partial charge in [0.05, 0.1) is 17.1 Å². The summed E-state index contributed by atoms with van der Waals surface area (Å²) in [7, 11) is 0. The van der Waals surface area contributed by atoms with Gasteiger partial charge in [0.2, 0.25) is 0 Å². The van der Waals surface area contributed by atoms with Crippen LogP contribution in [0.1, 0.15) is 0 Å². The Hall–Kier alpha value is -2.95. The van der Waals surface area contributed by atoms with Crippen LogP contribution in [-0.4, -0.2) is 24.2 Å². The Balaban J connectivity index is 1.83. The summed E-state index contributed by atoms with van der Waals surface area (Å²) in [6.45, 7) is 0. The summed E-state index contributed by atoms with van der Waals surface area (Å²) in [4.78, 5) is 32.2. The normalized spacial score (nSPS) is 19.7. The van der Waals surface area contributed by atoms with Crippen molar-refractivity contribution >= 4 is 35.2 Å². The highest BCUT2D eigenvalue weighted by molar-refractivity contribution is 6.34. The zero-order valence-electron chi connectivity index (χ0n) is 11.0. The average Bonchev–Trinajstić information content (AvgIpc) is 2.80. The molecule has 0 aromatic heterocycles. The van der Waals surface area contributed by atoms with E-state index in [1.54, 1.807) is 30.3 Å². The third-order valence-corrected chi connectivity index (χ3v) is 3.66. The smallest absolute Gasteiger partial charge is 0.274 e. The third kappa shape index (κ3) is 1.61. The highest BCUT2D eigenvalue weighted by Crippen LogP contribution is 2.37. The molecule has 5 heteroatoms. The van der Waals surface area contributed by atoms with Gasteiger partial charge in [0.1, 0.15) is 0 Å². The molecule has 2 aliphatic heterocycles. The Labute approximate surface area is 121 Å². The number of urea groups is 1. The van der Waals surface area contributed by atoms with Crippen molar-refractivity contribution in [3.63, 3.8) is 0 Å². The number of hydrogen-bond acceptors (Lipinski definition) is 3. The summed E-state index contributed by atoms with van der Waals surface area (Å²) in [5, 5.41) is 0. The molecule has 1 fully saturated rings. The van der Waals surface area contributed by atoms with Gasteiger partial charge in [0.15, 0.2) is 6.04 Å². The molecule has 2 aliphatic rings. The fourth-order valence-corrected chi connectivity index (χ4v) is 2.69. The Morgan fingerprint density at radius 2 is 1.62 bits per heavy atom. The Morgan fingerprint density at radius 3 is 2.43 bits per heavy atom.